The predicted molar refractivity (Wildman–Crippen MR) is 83.3 cm³/mol. The summed E-state index contributed by atoms with van der Waals surface area (Å²) in [6.07, 6.45) is 6.10. The Labute approximate surface area is 127 Å². The fourth-order valence-electron chi connectivity index (χ4n) is 3.13. The van der Waals surface area contributed by atoms with Crippen LogP contribution in [0.15, 0.2) is 27.4 Å². The molecule has 1 aliphatic rings. The minimum absolute atomic E-state index is 0.0827. The lowest BCUT2D eigenvalue weighted by Gasteiger charge is -2.22. The van der Waals surface area contributed by atoms with Crippen LogP contribution in [0.3, 0.4) is 0 Å². The van der Waals surface area contributed by atoms with Crippen molar-refractivity contribution < 1.29 is 9.21 Å². The van der Waals surface area contributed by atoms with Crippen molar-refractivity contribution in [3.8, 4) is 0 Å². The Morgan fingerprint density at radius 3 is 2.57 bits per heavy atom. The molecule has 0 bridgehead atoms. The summed E-state index contributed by atoms with van der Waals surface area (Å²) in [5.74, 6) is 0.221. The van der Waals surface area contributed by atoms with E-state index in [2.05, 4.69) is 0 Å². The number of hydrogen-bond acceptors (Lipinski definition) is 3. The van der Waals surface area contributed by atoms with E-state index >= 15 is 0 Å². The number of ketones is 1. The highest BCUT2D eigenvalue weighted by Crippen LogP contribution is 2.36. The number of carbonyl (C=O) groups excluding carboxylic acids is 1. The van der Waals surface area contributed by atoms with Crippen LogP contribution in [0, 0.1) is 0 Å². The number of rotatable bonds is 2. The molecule has 1 aromatic heterocycles. The molecule has 1 aliphatic carbocycles. The summed E-state index contributed by atoms with van der Waals surface area (Å²) < 4.78 is 5.22. The zero-order chi connectivity index (χ0) is 15.0. The van der Waals surface area contributed by atoms with Crippen LogP contribution in [0.2, 0.25) is 5.02 Å². The Bertz CT molecular complexity index is 754. The van der Waals surface area contributed by atoms with Crippen LogP contribution in [0.1, 0.15) is 60.9 Å². The smallest absolute Gasteiger partial charge is 0.347 e. The molecule has 0 atom stereocenters. The third-order valence-corrected chi connectivity index (χ3v) is 4.55. The van der Waals surface area contributed by atoms with Gasteiger partial charge in [-0.15, -0.1) is 0 Å². The van der Waals surface area contributed by atoms with E-state index in [1.807, 2.05) is 12.1 Å². The van der Waals surface area contributed by atoms with Crippen molar-refractivity contribution in [2.75, 3.05) is 0 Å². The van der Waals surface area contributed by atoms with Crippen LogP contribution in [0.25, 0.3) is 11.0 Å². The molecule has 1 aromatic carbocycles. The lowest BCUT2D eigenvalue weighted by molar-refractivity contribution is 0.101. The molecule has 0 N–H and O–H groups in total. The lowest BCUT2D eigenvalue weighted by Crippen LogP contribution is -2.11. The van der Waals surface area contributed by atoms with Crippen LogP contribution in [-0.4, -0.2) is 5.78 Å². The molecule has 2 aromatic rings. The summed E-state index contributed by atoms with van der Waals surface area (Å²) in [4.78, 5) is 23.3. The molecule has 0 unspecified atom stereocenters. The van der Waals surface area contributed by atoms with Gasteiger partial charge in [0.05, 0.1) is 5.02 Å². The van der Waals surface area contributed by atoms with Crippen LogP contribution >= 0.6 is 11.6 Å². The molecule has 1 fully saturated rings. The molecule has 0 saturated heterocycles. The van der Waals surface area contributed by atoms with E-state index in [0.717, 1.165) is 18.2 Å². The first-order chi connectivity index (χ1) is 10.1. The average Bonchev–Trinajstić information content (AvgIpc) is 2.48. The lowest BCUT2D eigenvalue weighted by atomic mass is 9.84. The van der Waals surface area contributed by atoms with E-state index in [-0.39, 0.29) is 11.3 Å². The van der Waals surface area contributed by atoms with Crippen LogP contribution < -0.4 is 5.63 Å². The van der Waals surface area contributed by atoms with Gasteiger partial charge in [0.2, 0.25) is 0 Å². The third-order valence-electron chi connectivity index (χ3n) is 4.27. The highest BCUT2D eigenvalue weighted by molar-refractivity contribution is 6.34. The van der Waals surface area contributed by atoms with Gasteiger partial charge in [0.1, 0.15) is 5.56 Å². The predicted octanol–water partition coefficient (Wildman–Crippen LogP) is 4.70. The first kappa shape index (κ1) is 14.3. The number of fused-ring (bicyclic) bond motifs is 1. The molecule has 4 heteroatoms. The normalized spacial score (nSPS) is 16.3. The number of halogens is 1. The van der Waals surface area contributed by atoms with Gasteiger partial charge in [-0.1, -0.05) is 30.9 Å². The molecule has 0 radical (unpaired) electrons. The minimum Gasteiger partial charge on any atom is -0.421 e. The first-order valence-corrected chi connectivity index (χ1v) is 7.72. The summed E-state index contributed by atoms with van der Waals surface area (Å²) in [5.41, 5.74) is 1.00. The van der Waals surface area contributed by atoms with Crippen LogP contribution in [0.5, 0.6) is 0 Å². The second kappa shape index (κ2) is 5.64. The summed E-state index contributed by atoms with van der Waals surface area (Å²) >= 11 is 6.27. The Kier molecular flexibility index (Phi) is 3.85. The Morgan fingerprint density at radius 1 is 1.19 bits per heavy atom. The fourth-order valence-corrected chi connectivity index (χ4v) is 3.40. The molecule has 0 aliphatic heterocycles. The van der Waals surface area contributed by atoms with Gasteiger partial charge in [0.25, 0.3) is 0 Å². The van der Waals surface area contributed by atoms with Crippen molar-refractivity contribution >= 4 is 28.4 Å². The van der Waals surface area contributed by atoms with E-state index in [1.54, 1.807) is 6.07 Å². The quantitative estimate of drug-likeness (QED) is 0.597. The summed E-state index contributed by atoms with van der Waals surface area (Å²) in [5, 5.41) is 1.17. The molecule has 1 heterocycles. The van der Waals surface area contributed by atoms with Crippen molar-refractivity contribution in [3.63, 3.8) is 0 Å². The van der Waals surface area contributed by atoms with Gasteiger partial charge >= 0.3 is 5.63 Å². The first-order valence-electron chi connectivity index (χ1n) is 7.34. The number of Topliss-reactive ketones (excluding diaryl/α,β-unsaturated/α-hetero) is 1. The van der Waals surface area contributed by atoms with Crippen molar-refractivity contribution in [1.29, 1.82) is 0 Å². The van der Waals surface area contributed by atoms with Gasteiger partial charge in [-0.05, 0) is 49.4 Å². The van der Waals surface area contributed by atoms with Gasteiger partial charge in [-0.25, -0.2) is 4.79 Å². The Hall–Kier alpha value is -1.61. The average molecular weight is 305 g/mol. The standard InChI is InChI=1S/C17H17ClO3/c1-10(19)14-8-13-7-12(11-5-3-2-4-6-11)9-15(18)16(13)21-17(14)20/h7-9,11H,2-6H2,1H3. The maximum Gasteiger partial charge on any atom is 0.347 e. The second-order valence-electron chi connectivity index (χ2n) is 5.76. The van der Waals surface area contributed by atoms with E-state index in [0.29, 0.717) is 16.5 Å². The maximum atomic E-state index is 11.8. The Balaban J connectivity index is 2.15. The summed E-state index contributed by atoms with van der Waals surface area (Å²) in [6, 6.07) is 5.50. The van der Waals surface area contributed by atoms with E-state index in [4.69, 9.17) is 16.0 Å². The van der Waals surface area contributed by atoms with Crippen LogP contribution in [0.4, 0.5) is 0 Å². The number of carbonyl (C=O) groups is 1. The van der Waals surface area contributed by atoms with E-state index in [9.17, 15) is 9.59 Å². The van der Waals surface area contributed by atoms with Crippen LogP contribution in [-0.2, 0) is 0 Å². The molecule has 1 saturated carbocycles. The van der Waals surface area contributed by atoms with Gasteiger partial charge < -0.3 is 4.42 Å². The second-order valence-corrected chi connectivity index (χ2v) is 6.17. The fraction of sp³-hybridized carbons (Fsp3) is 0.412. The number of hydrogen-bond donors (Lipinski definition) is 0. The van der Waals surface area contributed by atoms with E-state index < -0.39 is 5.63 Å². The summed E-state index contributed by atoms with van der Waals surface area (Å²) in [6.45, 7) is 1.37. The number of benzene rings is 1. The maximum absolute atomic E-state index is 11.8. The zero-order valence-corrected chi connectivity index (χ0v) is 12.7. The molecule has 110 valence electrons. The van der Waals surface area contributed by atoms with Gasteiger partial charge in [-0.3, -0.25) is 4.79 Å². The zero-order valence-electron chi connectivity index (χ0n) is 11.9. The highest BCUT2D eigenvalue weighted by Gasteiger charge is 2.18. The van der Waals surface area contributed by atoms with Crippen molar-refractivity contribution in [3.05, 3.63) is 44.8 Å². The molecule has 0 amide bonds. The van der Waals surface area contributed by atoms with Gasteiger partial charge in [-0.2, -0.15) is 0 Å². The van der Waals surface area contributed by atoms with Crippen molar-refractivity contribution in [2.45, 2.75) is 44.9 Å². The monoisotopic (exact) mass is 304 g/mol. The van der Waals surface area contributed by atoms with E-state index in [1.165, 1.54) is 31.7 Å². The topological polar surface area (TPSA) is 47.3 Å². The molecule has 0 spiro atoms. The largest absolute Gasteiger partial charge is 0.421 e. The third kappa shape index (κ3) is 2.75. The minimum atomic E-state index is -0.623. The Morgan fingerprint density at radius 2 is 1.90 bits per heavy atom. The van der Waals surface area contributed by atoms with Gasteiger partial charge in [0, 0.05) is 5.39 Å². The van der Waals surface area contributed by atoms with Gasteiger partial charge in [0.15, 0.2) is 11.4 Å². The highest BCUT2D eigenvalue weighted by atomic mass is 35.5. The molecule has 3 nitrogen and oxygen atoms in total. The molecular weight excluding hydrogens is 288 g/mol. The molecule has 21 heavy (non-hydrogen) atoms. The van der Waals surface area contributed by atoms with Crippen molar-refractivity contribution in [1.82, 2.24) is 0 Å². The SMILES string of the molecule is CC(=O)c1cc2cc(C3CCCCC3)cc(Cl)c2oc1=O. The molecule has 3 rings (SSSR count). The molecular formula is C17H17ClO3. The van der Waals surface area contributed by atoms with Crippen molar-refractivity contribution in [2.24, 2.45) is 0 Å². The summed E-state index contributed by atoms with van der Waals surface area (Å²) in [7, 11) is 0.